The minimum Gasteiger partial charge on any atom is -0.389 e. The first-order chi connectivity index (χ1) is 10.4. The molecule has 21 heavy (non-hydrogen) atoms. The van der Waals surface area contributed by atoms with Crippen LogP contribution in [0.4, 0.5) is 0 Å². The molecule has 2 atom stereocenters. The zero-order chi connectivity index (χ0) is 14.5. The first kappa shape index (κ1) is 13.7. The smallest absolute Gasteiger partial charge is 0.160 e. The summed E-state index contributed by atoms with van der Waals surface area (Å²) >= 11 is 4.66. The van der Waals surface area contributed by atoms with Crippen LogP contribution in [0, 0.1) is 0 Å². The lowest BCUT2D eigenvalue weighted by molar-refractivity contribution is 0.0833. The molecule has 3 rings (SSSR count). The standard InChI is InChI=1S/C17H14N2OS/c21-12-18-11-15-16(13-7-3-1-4-8-13)17(19-20-15)14-9-5-2-6-10-14/h1-10,15-16H,11H2. The zero-order valence-corrected chi connectivity index (χ0v) is 12.2. The van der Waals surface area contributed by atoms with E-state index in [1.807, 2.05) is 48.5 Å². The van der Waals surface area contributed by atoms with Gasteiger partial charge in [0.1, 0.15) is 0 Å². The zero-order valence-electron chi connectivity index (χ0n) is 11.3. The lowest BCUT2D eigenvalue weighted by Gasteiger charge is -2.17. The Bertz CT molecular complexity index is 678. The fourth-order valence-corrected chi connectivity index (χ4v) is 2.63. The Balaban J connectivity index is 1.98. The van der Waals surface area contributed by atoms with Crippen molar-refractivity contribution in [2.24, 2.45) is 10.1 Å². The lowest BCUT2D eigenvalue weighted by Crippen LogP contribution is -2.24. The number of nitrogens with zero attached hydrogens (tertiary/aromatic N) is 2. The molecular weight excluding hydrogens is 280 g/mol. The maximum absolute atomic E-state index is 5.60. The van der Waals surface area contributed by atoms with Crippen LogP contribution in [0.2, 0.25) is 0 Å². The lowest BCUT2D eigenvalue weighted by atomic mass is 9.86. The van der Waals surface area contributed by atoms with Gasteiger partial charge in [-0.05, 0) is 17.8 Å². The quantitative estimate of drug-likeness (QED) is 0.637. The Morgan fingerprint density at radius 3 is 2.38 bits per heavy atom. The molecule has 1 heterocycles. The average molecular weight is 294 g/mol. The van der Waals surface area contributed by atoms with Crippen molar-refractivity contribution in [1.29, 1.82) is 0 Å². The summed E-state index contributed by atoms with van der Waals surface area (Å²) in [4.78, 5) is 9.62. The summed E-state index contributed by atoms with van der Waals surface area (Å²) in [5.74, 6) is 0.0562. The summed E-state index contributed by atoms with van der Waals surface area (Å²) in [6, 6.07) is 20.3. The van der Waals surface area contributed by atoms with Crippen LogP contribution in [0.25, 0.3) is 0 Å². The van der Waals surface area contributed by atoms with E-state index in [-0.39, 0.29) is 12.0 Å². The molecule has 0 spiro atoms. The molecule has 2 aromatic rings. The minimum absolute atomic E-state index is 0.0562. The molecule has 0 radical (unpaired) electrons. The number of isothiocyanates is 1. The Hall–Kier alpha value is -2.29. The van der Waals surface area contributed by atoms with Gasteiger partial charge in [0.25, 0.3) is 0 Å². The number of hydrogen-bond donors (Lipinski definition) is 0. The monoisotopic (exact) mass is 294 g/mol. The van der Waals surface area contributed by atoms with Crippen LogP contribution >= 0.6 is 12.2 Å². The molecular formula is C17H14N2OS. The number of rotatable bonds is 4. The van der Waals surface area contributed by atoms with Gasteiger partial charge in [-0.15, -0.1) is 0 Å². The van der Waals surface area contributed by atoms with Crippen molar-refractivity contribution in [2.45, 2.75) is 12.0 Å². The van der Waals surface area contributed by atoms with Gasteiger partial charge in [-0.3, -0.25) is 0 Å². The third-order valence-corrected chi connectivity index (χ3v) is 3.65. The summed E-state index contributed by atoms with van der Waals surface area (Å²) in [6.45, 7) is 0.461. The molecule has 2 unspecified atom stereocenters. The summed E-state index contributed by atoms with van der Waals surface area (Å²) < 4.78 is 0. The number of oxime groups is 1. The van der Waals surface area contributed by atoms with Crippen LogP contribution in [0.15, 0.2) is 70.8 Å². The number of benzene rings is 2. The van der Waals surface area contributed by atoms with Crippen molar-refractivity contribution in [3.05, 3.63) is 71.8 Å². The fourth-order valence-electron chi connectivity index (χ4n) is 2.56. The van der Waals surface area contributed by atoms with Gasteiger partial charge in [-0.25, -0.2) is 4.99 Å². The van der Waals surface area contributed by atoms with E-state index in [4.69, 9.17) is 4.84 Å². The van der Waals surface area contributed by atoms with E-state index in [1.54, 1.807) is 0 Å². The molecule has 0 amide bonds. The van der Waals surface area contributed by atoms with E-state index in [1.165, 1.54) is 5.56 Å². The maximum atomic E-state index is 5.60. The molecule has 0 fully saturated rings. The molecule has 0 saturated carbocycles. The van der Waals surface area contributed by atoms with Crippen molar-refractivity contribution in [2.75, 3.05) is 6.54 Å². The normalized spacial score (nSPS) is 20.3. The van der Waals surface area contributed by atoms with E-state index in [0.717, 1.165) is 11.3 Å². The molecule has 0 bridgehead atoms. The van der Waals surface area contributed by atoms with Gasteiger partial charge < -0.3 is 4.84 Å². The van der Waals surface area contributed by atoms with E-state index < -0.39 is 0 Å². The van der Waals surface area contributed by atoms with Crippen molar-refractivity contribution in [1.82, 2.24) is 0 Å². The van der Waals surface area contributed by atoms with Gasteiger partial charge in [0.2, 0.25) is 0 Å². The van der Waals surface area contributed by atoms with Crippen LogP contribution < -0.4 is 0 Å². The predicted molar refractivity (Wildman–Crippen MR) is 86.9 cm³/mol. The highest BCUT2D eigenvalue weighted by atomic mass is 32.1. The number of thiocarbonyl (C=S) groups is 1. The second kappa shape index (κ2) is 6.44. The number of hydrogen-bond acceptors (Lipinski definition) is 4. The number of aliphatic imine (C=N–C) groups is 1. The van der Waals surface area contributed by atoms with Gasteiger partial charge in [0.15, 0.2) is 6.10 Å². The summed E-state index contributed by atoms with van der Waals surface area (Å²) in [7, 11) is 0. The van der Waals surface area contributed by atoms with E-state index >= 15 is 0 Å². The van der Waals surface area contributed by atoms with Crippen LogP contribution in [-0.4, -0.2) is 23.5 Å². The van der Waals surface area contributed by atoms with Crippen molar-refractivity contribution >= 4 is 23.1 Å². The molecule has 1 aliphatic heterocycles. The van der Waals surface area contributed by atoms with E-state index in [2.05, 4.69) is 39.7 Å². The fraction of sp³-hybridized carbons (Fsp3) is 0.176. The summed E-state index contributed by atoms with van der Waals surface area (Å²) in [5.41, 5.74) is 3.17. The molecule has 4 heteroatoms. The summed E-state index contributed by atoms with van der Waals surface area (Å²) in [6.07, 6.45) is -0.141. The highest BCUT2D eigenvalue weighted by Crippen LogP contribution is 2.32. The third-order valence-electron chi connectivity index (χ3n) is 3.52. The highest BCUT2D eigenvalue weighted by Gasteiger charge is 2.35. The van der Waals surface area contributed by atoms with Crippen LogP contribution in [0.3, 0.4) is 0 Å². The Labute approximate surface area is 129 Å². The van der Waals surface area contributed by atoms with Crippen molar-refractivity contribution in [3.63, 3.8) is 0 Å². The average Bonchev–Trinajstić information content (AvgIpc) is 2.98. The SMILES string of the molecule is S=C=NCC1ON=C(c2ccccc2)C1c1ccccc1. The van der Waals surface area contributed by atoms with Crippen molar-refractivity contribution in [3.8, 4) is 0 Å². The minimum atomic E-state index is -0.141. The second-order valence-electron chi connectivity index (χ2n) is 4.81. The largest absolute Gasteiger partial charge is 0.389 e. The van der Waals surface area contributed by atoms with Crippen molar-refractivity contribution < 1.29 is 4.84 Å². The molecule has 1 aliphatic rings. The molecule has 0 saturated heterocycles. The maximum Gasteiger partial charge on any atom is 0.160 e. The first-order valence-corrected chi connectivity index (χ1v) is 7.18. The Morgan fingerprint density at radius 2 is 1.71 bits per heavy atom. The molecule has 104 valence electrons. The van der Waals surface area contributed by atoms with Crippen LogP contribution in [0.1, 0.15) is 17.0 Å². The molecule has 2 aromatic carbocycles. The first-order valence-electron chi connectivity index (χ1n) is 6.78. The van der Waals surface area contributed by atoms with Gasteiger partial charge in [0.05, 0.1) is 23.3 Å². The Morgan fingerprint density at radius 1 is 1.05 bits per heavy atom. The topological polar surface area (TPSA) is 34.0 Å². The molecule has 3 nitrogen and oxygen atoms in total. The van der Waals surface area contributed by atoms with Gasteiger partial charge in [-0.1, -0.05) is 65.8 Å². The molecule has 0 aromatic heterocycles. The Kier molecular flexibility index (Phi) is 4.20. The highest BCUT2D eigenvalue weighted by molar-refractivity contribution is 7.78. The van der Waals surface area contributed by atoms with Gasteiger partial charge in [-0.2, -0.15) is 0 Å². The summed E-state index contributed by atoms with van der Waals surface area (Å²) in [5, 5.41) is 6.69. The predicted octanol–water partition coefficient (Wildman–Crippen LogP) is 3.68. The molecule has 0 N–H and O–H groups in total. The third kappa shape index (κ3) is 2.92. The molecule has 0 aliphatic carbocycles. The van der Waals surface area contributed by atoms with Crippen LogP contribution in [0.5, 0.6) is 0 Å². The van der Waals surface area contributed by atoms with E-state index in [0.29, 0.717) is 6.54 Å². The van der Waals surface area contributed by atoms with Gasteiger partial charge in [0, 0.05) is 5.56 Å². The van der Waals surface area contributed by atoms with Crippen LogP contribution in [-0.2, 0) is 4.84 Å². The van der Waals surface area contributed by atoms with Gasteiger partial charge >= 0.3 is 0 Å². The second-order valence-corrected chi connectivity index (χ2v) is 4.99. The van der Waals surface area contributed by atoms with E-state index in [9.17, 15) is 0 Å².